The minimum Gasteiger partial charge on any atom is -0.462 e. The van der Waals surface area contributed by atoms with Crippen LogP contribution in [0.1, 0.15) is 17.3 Å². The lowest BCUT2D eigenvalue weighted by Crippen LogP contribution is -2.37. The van der Waals surface area contributed by atoms with Crippen LogP contribution in [0.4, 0.5) is 10.5 Å². The van der Waals surface area contributed by atoms with E-state index in [4.69, 9.17) is 9.47 Å². The molecule has 0 aliphatic carbocycles. The van der Waals surface area contributed by atoms with Crippen LogP contribution in [0.25, 0.3) is 0 Å². The minimum atomic E-state index is -0.902. The van der Waals surface area contributed by atoms with Crippen molar-refractivity contribution in [2.75, 3.05) is 38.7 Å². The van der Waals surface area contributed by atoms with Crippen LogP contribution in [0.5, 0.6) is 0 Å². The topological polar surface area (TPSA) is 122 Å². The van der Waals surface area contributed by atoms with E-state index in [9.17, 15) is 24.0 Å². The molecule has 1 fully saturated rings. The molecule has 1 heterocycles. The lowest BCUT2D eigenvalue weighted by atomic mass is 10.2. The van der Waals surface area contributed by atoms with Crippen molar-refractivity contribution in [3.8, 4) is 0 Å². The van der Waals surface area contributed by atoms with E-state index in [1.54, 1.807) is 19.1 Å². The fourth-order valence-corrected chi connectivity index (χ4v) is 2.31. The van der Waals surface area contributed by atoms with Gasteiger partial charge in [0.25, 0.3) is 11.8 Å². The molecule has 10 nitrogen and oxygen atoms in total. The second-order valence-corrected chi connectivity index (χ2v) is 5.59. The molecule has 144 valence electrons. The third-order valence-electron chi connectivity index (χ3n) is 3.58. The molecule has 1 aromatic rings. The number of carbonyl (C=O) groups is 5. The van der Waals surface area contributed by atoms with Gasteiger partial charge in [-0.05, 0) is 19.1 Å². The van der Waals surface area contributed by atoms with Gasteiger partial charge in [0.15, 0.2) is 6.61 Å². The standard InChI is InChI=1S/C17H19N3O7/c1-3-26-16(24)11-6-4-5-7-12(11)18-13(21)10-27-15(23)9-20-14(22)8-19(2)17(20)25/h4-7H,3,8-10H2,1-2H3,(H,18,21). The molecule has 0 saturated carbocycles. The molecule has 4 amide bonds. The van der Waals surface area contributed by atoms with Crippen LogP contribution < -0.4 is 5.32 Å². The Morgan fingerprint density at radius 3 is 2.48 bits per heavy atom. The second kappa shape index (κ2) is 8.79. The van der Waals surface area contributed by atoms with E-state index in [1.807, 2.05) is 0 Å². The molecule has 1 N–H and O–H groups in total. The maximum absolute atomic E-state index is 12.0. The maximum Gasteiger partial charge on any atom is 0.340 e. The number of ether oxygens (including phenoxy) is 2. The Balaban J connectivity index is 1.88. The van der Waals surface area contributed by atoms with Gasteiger partial charge in [0.2, 0.25) is 0 Å². The molecule has 10 heteroatoms. The average molecular weight is 377 g/mol. The van der Waals surface area contributed by atoms with E-state index in [1.165, 1.54) is 19.2 Å². The summed E-state index contributed by atoms with van der Waals surface area (Å²) < 4.78 is 9.69. The number of amides is 4. The molecule has 0 spiro atoms. The zero-order valence-electron chi connectivity index (χ0n) is 14.9. The van der Waals surface area contributed by atoms with Crippen LogP contribution in [0.3, 0.4) is 0 Å². The number of likely N-dealkylation sites (N-methyl/N-ethyl adjacent to an activating group) is 1. The molecule has 0 aromatic heterocycles. The van der Waals surface area contributed by atoms with Gasteiger partial charge in [-0.1, -0.05) is 12.1 Å². The van der Waals surface area contributed by atoms with Crippen LogP contribution in [-0.4, -0.2) is 72.9 Å². The lowest BCUT2D eigenvalue weighted by Gasteiger charge is -2.13. The van der Waals surface area contributed by atoms with E-state index < -0.39 is 42.9 Å². The third-order valence-corrected chi connectivity index (χ3v) is 3.58. The van der Waals surface area contributed by atoms with Gasteiger partial charge in [-0.2, -0.15) is 0 Å². The summed E-state index contributed by atoms with van der Waals surface area (Å²) >= 11 is 0. The van der Waals surface area contributed by atoms with Crippen molar-refractivity contribution in [3.63, 3.8) is 0 Å². The van der Waals surface area contributed by atoms with E-state index in [2.05, 4.69) is 5.32 Å². The van der Waals surface area contributed by atoms with Crippen molar-refractivity contribution in [2.45, 2.75) is 6.92 Å². The number of imide groups is 1. The molecule has 1 aromatic carbocycles. The summed E-state index contributed by atoms with van der Waals surface area (Å²) in [5.74, 6) is -2.70. The van der Waals surface area contributed by atoms with Gasteiger partial charge >= 0.3 is 18.0 Å². The number of benzene rings is 1. The second-order valence-electron chi connectivity index (χ2n) is 5.59. The fourth-order valence-electron chi connectivity index (χ4n) is 2.31. The number of hydrogen-bond acceptors (Lipinski definition) is 7. The normalized spacial score (nSPS) is 13.6. The minimum absolute atomic E-state index is 0.114. The zero-order valence-corrected chi connectivity index (χ0v) is 14.9. The number of anilines is 1. The molecule has 0 atom stereocenters. The van der Waals surface area contributed by atoms with E-state index >= 15 is 0 Å². The molecule has 0 bridgehead atoms. The van der Waals surface area contributed by atoms with Gasteiger partial charge < -0.3 is 19.7 Å². The molecule has 2 rings (SSSR count). The first-order valence-electron chi connectivity index (χ1n) is 8.10. The molecule has 0 unspecified atom stereocenters. The van der Waals surface area contributed by atoms with Crippen molar-refractivity contribution in [2.24, 2.45) is 0 Å². The number of rotatable bonds is 7. The van der Waals surface area contributed by atoms with Crippen molar-refractivity contribution in [3.05, 3.63) is 29.8 Å². The third kappa shape index (κ3) is 5.03. The SMILES string of the molecule is CCOC(=O)c1ccccc1NC(=O)COC(=O)CN1C(=O)CN(C)C1=O. The van der Waals surface area contributed by atoms with E-state index in [-0.39, 0.29) is 24.4 Å². The van der Waals surface area contributed by atoms with Crippen molar-refractivity contribution < 1.29 is 33.4 Å². The van der Waals surface area contributed by atoms with Gasteiger partial charge in [-0.3, -0.25) is 19.3 Å². The Bertz CT molecular complexity index is 778. The average Bonchev–Trinajstić information content (AvgIpc) is 2.87. The predicted octanol–water partition coefficient (Wildman–Crippen LogP) is 0.239. The molecule has 1 aliphatic rings. The molecular formula is C17H19N3O7. The predicted molar refractivity (Wildman–Crippen MR) is 91.7 cm³/mol. The number of carbonyl (C=O) groups excluding carboxylic acids is 5. The Kier molecular flexibility index (Phi) is 6.47. The maximum atomic E-state index is 12.0. The van der Waals surface area contributed by atoms with Crippen LogP contribution in [0, 0.1) is 0 Å². The monoisotopic (exact) mass is 377 g/mol. The number of hydrogen-bond donors (Lipinski definition) is 1. The summed E-state index contributed by atoms with van der Waals surface area (Å²) in [4.78, 5) is 60.8. The molecule has 0 radical (unpaired) electrons. The first-order valence-corrected chi connectivity index (χ1v) is 8.10. The van der Waals surface area contributed by atoms with Gasteiger partial charge in [-0.25, -0.2) is 9.59 Å². The van der Waals surface area contributed by atoms with Gasteiger partial charge in [-0.15, -0.1) is 0 Å². The van der Waals surface area contributed by atoms with Gasteiger partial charge in [0.05, 0.1) is 17.9 Å². The summed E-state index contributed by atoms with van der Waals surface area (Å²) in [5, 5.41) is 2.45. The molecule has 1 aliphatic heterocycles. The van der Waals surface area contributed by atoms with Crippen molar-refractivity contribution in [1.82, 2.24) is 9.80 Å². The number of para-hydroxylation sites is 1. The van der Waals surface area contributed by atoms with Crippen molar-refractivity contribution in [1.29, 1.82) is 0 Å². The number of esters is 2. The number of urea groups is 1. The summed E-state index contributed by atoms with van der Waals surface area (Å²) in [5.41, 5.74) is 0.374. The van der Waals surface area contributed by atoms with Crippen LogP contribution in [-0.2, 0) is 23.9 Å². The summed E-state index contributed by atoms with van der Waals surface area (Å²) in [6, 6.07) is 5.61. The Labute approximate surface area is 155 Å². The van der Waals surface area contributed by atoms with Gasteiger partial charge in [0.1, 0.15) is 13.1 Å². The van der Waals surface area contributed by atoms with E-state index in [0.717, 1.165) is 9.80 Å². The van der Waals surface area contributed by atoms with Crippen molar-refractivity contribution >= 4 is 35.5 Å². The Hall–Kier alpha value is -3.43. The summed E-state index contributed by atoms with van der Waals surface area (Å²) in [7, 11) is 1.43. The summed E-state index contributed by atoms with van der Waals surface area (Å²) in [6.07, 6.45) is 0. The largest absolute Gasteiger partial charge is 0.462 e. The molecular weight excluding hydrogens is 358 g/mol. The highest BCUT2D eigenvalue weighted by Crippen LogP contribution is 2.16. The van der Waals surface area contributed by atoms with Crippen LogP contribution >= 0.6 is 0 Å². The highest BCUT2D eigenvalue weighted by molar-refractivity contribution is 6.04. The Morgan fingerprint density at radius 2 is 1.85 bits per heavy atom. The van der Waals surface area contributed by atoms with Crippen LogP contribution in [0.15, 0.2) is 24.3 Å². The summed E-state index contributed by atoms with van der Waals surface area (Å²) in [6.45, 7) is 0.516. The van der Waals surface area contributed by atoms with Gasteiger partial charge in [0, 0.05) is 7.05 Å². The zero-order chi connectivity index (χ0) is 20.0. The first-order chi connectivity index (χ1) is 12.8. The lowest BCUT2D eigenvalue weighted by molar-refractivity contribution is -0.149. The fraction of sp³-hybridized carbons (Fsp3) is 0.353. The quantitative estimate of drug-likeness (QED) is 0.533. The van der Waals surface area contributed by atoms with Crippen LogP contribution in [0.2, 0.25) is 0 Å². The number of nitrogens with one attached hydrogen (secondary N) is 1. The van der Waals surface area contributed by atoms with E-state index in [0.29, 0.717) is 0 Å². The first kappa shape index (κ1) is 19.9. The highest BCUT2D eigenvalue weighted by Gasteiger charge is 2.35. The molecule has 1 saturated heterocycles. The highest BCUT2D eigenvalue weighted by atomic mass is 16.5. The smallest absolute Gasteiger partial charge is 0.340 e. The number of nitrogens with zero attached hydrogens (tertiary/aromatic N) is 2. The molecule has 27 heavy (non-hydrogen) atoms. The Morgan fingerprint density at radius 1 is 1.15 bits per heavy atom.